The van der Waals surface area contributed by atoms with Crippen molar-refractivity contribution in [3.05, 3.63) is 63.2 Å². The predicted molar refractivity (Wildman–Crippen MR) is 92.0 cm³/mol. The lowest BCUT2D eigenvalue weighted by Crippen LogP contribution is -2.27. The van der Waals surface area contributed by atoms with Gasteiger partial charge in [-0.1, -0.05) is 0 Å². The van der Waals surface area contributed by atoms with Crippen molar-refractivity contribution >= 4 is 5.91 Å². The van der Waals surface area contributed by atoms with Gasteiger partial charge in [0.05, 0.1) is 24.5 Å². The Kier molecular flexibility index (Phi) is 9.12. The van der Waals surface area contributed by atoms with Crippen molar-refractivity contribution in [3.63, 3.8) is 0 Å². The molecule has 0 radical (unpaired) electrons. The Labute approximate surface area is 154 Å². The van der Waals surface area contributed by atoms with Crippen LogP contribution >= 0.6 is 0 Å². The van der Waals surface area contributed by atoms with Gasteiger partial charge in [-0.25, -0.2) is 0 Å². The summed E-state index contributed by atoms with van der Waals surface area (Å²) in [7, 11) is 0. The molecule has 0 fully saturated rings. The number of aliphatic hydroxyl groups is 2. The van der Waals surface area contributed by atoms with E-state index in [9.17, 15) is 20.0 Å². The van der Waals surface area contributed by atoms with Gasteiger partial charge in [0.1, 0.15) is 12.4 Å². The Hall–Kier alpha value is -3.31. The third-order valence-corrected chi connectivity index (χ3v) is 3.27. The van der Waals surface area contributed by atoms with Crippen molar-refractivity contribution in [3.8, 4) is 5.75 Å². The first-order valence-corrected chi connectivity index (χ1v) is 7.74. The SMILES string of the molecule is Cc1ncc(CO)c(CO)c1O.O=C(NCCO[N+](=O)[O-])c1cccnc1. The number of nitrogens with one attached hydrogen (secondary N) is 1. The van der Waals surface area contributed by atoms with Gasteiger partial charge in [-0.15, -0.1) is 10.1 Å². The second-order valence-corrected chi connectivity index (χ2v) is 5.07. The molecule has 0 saturated heterocycles. The van der Waals surface area contributed by atoms with Crippen molar-refractivity contribution < 1.29 is 30.0 Å². The Morgan fingerprint density at radius 3 is 2.63 bits per heavy atom. The van der Waals surface area contributed by atoms with E-state index >= 15 is 0 Å². The van der Waals surface area contributed by atoms with Crippen LogP contribution in [0.1, 0.15) is 27.2 Å². The maximum Gasteiger partial charge on any atom is 0.294 e. The topological polar surface area (TPSA) is 168 Å². The van der Waals surface area contributed by atoms with Crippen molar-refractivity contribution in [1.29, 1.82) is 0 Å². The molecule has 2 rings (SSSR count). The van der Waals surface area contributed by atoms with Gasteiger partial charge in [0.25, 0.3) is 11.0 Å². The average Bonchev–Trinajstić information content (AvgIpc) is 2.68. The number of aliphatic hydroxyl groups excluding tert-OH is 2. The smallest absolute Gasteiger partial charge is 0.294 e. The third kappa shape index (κ3) is 7.22. The number of aromatic nitrogens is 2. The Balaban J connectivity index is 0.000000277. The fourth-order valence-corrected chi connectivity index (χ4v) is 1.88. The quantitative estimate of drug-likeness (QED) is 0.296. The van der Waals surface area contributed by atoms with Gasteiger partial charge in [0.2, 0.25) is 0 Å². The molecular formula is C16H20N4O7. The minimum atomic E-state index is -0.907. The normalized spacial score (nSPS) is 9.74. The fraction of sp³-hybridized carbons (Fsp3) is 0.312. The fourth-order valence-electron chi connectivity index (χ4n) is 1.88. The highest BCUT2D eigenvalue weighted by molar-refractivity contribution is 5.93. The lowest BCUT2D eigenvalue weighted by molar-refractivity contribution is -0.757. The molecule has 0 aromatic carbocycles. The molecule has 2 aromatic rings. The number of nitrogens with zero attached hydrogens (tertiary/aromatic N) is 3. The first-order chi connectivity index (χ1) is 12.9. The Bertz CT molecular complexity index is 756. The van der Waals surface area contributed by atoms with Crippen molar-refractivity contribution in [2.75, 3.05) is 13.2 Å². The van der Waals surface area contributed by atoms with E-state index in [2.05, 4.69) is 20.1 Å². The minimum absolute atomic E-state index is 0.0379. The van der Waals surface area contributed by atoms with Crippen LogP contribution in [0.4, 0.5) is 0 Å². The van der Waals surface area contributed by atoms with Gasteiger partial charge in [0.15, 0.2) is 0 Å². The molecule has 1 amide bonds. The summed E-state index contributed by atoms with van der Waals surface area (Å²) in [5.74, 6) is -0.376. The summed E-state index contributed by atoms with van der Waals surface area (Å²) >= 11 is 0. The zero-order valence-corrected chi connectivity index (χ0v) is 14.5. The predicted octanol–water partition coefficient (Wildman–Crippen LogP) is 0.0999. The zero-order valence-electron chi connectivity index (χ0n) is 14.5. The van der Waals surface area contributed by atoms with Crippen LogP contribution in [0.25, 0.3) is 0 Å². The van der Waals surface area contributed by atoms with Crippen molar-refractivity contribution in [2.24, 2.45) is 0 Å². The molecule has 11 nitrogen and oxygen atoms in total. The maximum absolute atomic E-state index is 11.3. The van der Waals surface area contributed by atoms with Gasteiger partial charge in [0, 0.05) is 36.3 Å². The number of carbonyl (C=O) groups is 1. The number of hydrogen-bond acceptors (Lipinski definition) is 9. The molecule has 0 atom stereocenters. The van der Waals surface area contributed by atoms with Crippen LogP contribution < -0.4 is 5.32 Å². The summed E-state index contributed by atoms with van der Waals surface area (Å²) in [6, 6.07) is 3.22. The molecule has 0 aliphatic rings. The number of aryl methyl sites for hydroxylation is 1. The molecule has 0 saturated carbocycles. The summed E-state index contributed by atoms with van der Waals surface area (Å²) in [5, 5.41) is 38.3. The second-order valence-electron chi connectivity index (χ2n) is 5.07. The van der Waals surface area contributed by atoms with Crippen LogP contribution in [0.15, 0.2) is 30.7 Å². The first-order valence-electron chi connectivity index (χ1n) is 7.74. The van der Waals surface area contributed by atoms with Crippen LogP contribution in [-0.2, 0) is 18.1 Å². The standard InChI is InChI=1S/C8H9N3O4.C8H11NO3/c12-8(7-2-1-3-9-6-7)10-4-5-15-11(13)14;1-5-8(12)7(4-11)6(3-10)2-9-5/h1-3,6H,4-5H2,(H,10,12);2,10-12H,3-4H2,1H3. The van der Waals surface area contributed by atoms with Crippen LogP contribution in [-0.4, -0.2) is 49.4 Å². The molecule has 0 spiro atoms. The molecule has 11 heteroatoms. The van der Waals surface area contributed by atoms with Crippen molar-refractivity contribution in [2.45, 2.75) is 20.1 Å². The average molecular weight is 380 g/mol. The highest BCUT2D eigenvalue weighted by Crippen LogP contribution is 2.23. The van der Waals surface area contributed by atoms with Crippen LogP contribution in [0.2, 0.25) is 0 Å². The monoisotopic (exact) mass is 380 g/mol. The van der Waals surface area contributed by atoms with Crippen LogP contribution in [0.3, 0.4) is 0 Å². The number of pyridine rings is 2. The van der Waals surface area contributed by atoms with Gasteiger partial charge < -0.3 is 25.5 Å². The molecule has 0 unspecified atom stereocenters. The van der Waals surface area contributed by atoms with E-state index in [1.807, 2.05) is 0 Å². The number of rotatable bonds is 7. The first kappa shape index (κ1) is 21.7. The Morgan fingerprint density at radius 1 is 1.33 bits per heavy atom. The van der Waals surface area contributed by atoms with E-state index in [4.69, 9.17) is 10.2 Å². The summed E-state index contributed by atoms with van der Waals surface area (Å²) in [6.45, 7) is 1.03. The minimum Gasteiger partial charge on any atom is -0.506 e. The molecule has 27 heavy (non-hydrogen) atoms. The van der Waals surface area contributed by atoms with Gasteiger partial charge >= 0.3 is 0 Å². The largest absolute Gasteiger partial charge is 0.506 e. The van der Waals surface area contributed by atoms with Crippen LogP contribution in [0.5, 0.6) is 5.75 Å². The molecule has 0 aliphatic heterocycles. The van der Waals surface area contributed by atoms with Gasteiger partial charge in [-0.2, -0.15) is 0 Å². The van der Waals surface area contributed by atoms with E-state index in [1.165, 1.54) is 12.4 Å². The van der Waals surface area contributed by atoms with E-state index < -0.39 is 5.09 Å². The summed E-state index contributed by atoms with van der Waals surface area (Å²) < 4.78 is 0. The number of hydrogen-bond donors (Lipinski definition) is 4. The maximum atomic E-state index is 11.3. The lowest BCUT2D eigenvalue weighted by Gasteiger charge is -2.07. The van der Waals surface area contributed by atoms with E-state index in [1.54, 1.807) is 25.3 Å². The number of aromatic hydroxyl groups is 1. The lowest BCUT2D eigenvalue weighted by atomic mass is 10.1. The summed E-state index contributed by atoms with van der Waals surface area (Å²) in [5.41, 5.74) is 1.67. The molecule has 146 valence electrons. The molecule has 4 N–H and O–H groups in total. The summed E-state index contributed by atoms with van der Waals surface area (Å²) in [4.78, 5) is 32.7. The molecule has 2 heterocycles. The molecular weight excluding hydrogens is 360 g/mol. The van der Waals surface area contributed by atoms with E-state index in [0.29, 0.717) is 22.4 Å². The van der Waals surface area contributed by atoms with E-state index in [0.717, 1.165) is 0 Å². The highest BCUT2D eigenvalue weighted by atomic mass is 16.9. The number of amides is 1. The van der Waals surface area contributed by atoms with Gasteiger partial charge in [-0.05, 0) is 19.1 Å². The molecule has 0 bridgehead atoms. The Morgan fingerprint density at radius 2 is 2.07 bits per heavy atom. The van der Waals surface area contributed by atoms with E-state index in [-0.39, 0.29) is 38.0 Å². The number of carbonyl (C=O) groups excluding carboxylic acids is 1. The highest BCUT2D eigenvalue weighted by Gasteiger charge is 2.09. The van der Waals surface area contributed by atoms with Crippen molar-refractivity contribution in [1.82, 2.24) is 15.3 Å². The second kappa shape index (κ2) is 11.3. The zero-order chi connectivity index (χ0) is 20.2. The third-order valence-electron chi connectivity index (χ3n) is 3.27. The van der Waals surface area contributed by atoms with Crippen LogP contribution in [0, 0.1) is 17.0 Å². The molecule has 0 aliphatic carbocycles. The summed E-state index contributed by atoms with van der Waals surface area (Å²) in [6.07, 6.45) is 4.40. The van der Waals surface area contributed by atoms with Gasteiger partial charge in [-0.3, -0.25) is 14.8 Å². The molecule has 2 aromatic heterocycles.